The van der Waals surface area contributed by atoms with Crippen LogP contribution in [0.3, 0.4) is 0 Å². The number of hydrogen-bond acceptors (Lipinski definition) is 2. The van der Waals surface area contributed by atoms with E-state index in [1.807, 2.05) is 0 Å². The van der Waals surface area contributed by atoms with Crippen LogP contribution in [0.1, 0.15) is 11.1 Å². The van der Waals surface area contributed by atoms with Crippen LogP contribution in [0.15, 0.2) is 12.1 Å². The first-order valence-electron chi connectivity index (χ1n) is 4.73. The molecular formula is C10H12BINOP. The van der Waals surface area contributed by atoms with E-state index in [2.05, 4.69) is 53.0 Å². The van der Waals surface area contributed by atoms with Gasteiger partial charge in [-0.1, -0.05) is 27.5 Å². The van der Waals surface area contributed by atoms with Crippen LogP contribution in [-0.4, -0.2) is 26.2 Å². The smallest absolute Gasteiger partial charge is 0.142 e. The molecule has 0 saturated heterocycles. The van der Waals surface area contributed by atoms with Gasteiger partial charge in [-0.15, -0.1) is 0 Å². The van der Waals surface area contributed by atoms with Crippen LogP contribution in [0.25, 0.3) is 0 Å². The Labute approximate surface area is 106 Å². The molecule has 0 N–H and O–H groups in total. The Morgan fingerprint density at radius 2 is 2.27 bits per heavy atom. The summed E-state index contributed by atoms with van der Waals surface area (Å²) in [7, 11) is 8.00. The van der Waals surface area contributed by atoms with E-state index >= 15 is 0 Å². The number of benzene rings is 1. The molecule has 15 heavy (non-hydrogen) atoms. The van der Waals surface area contributed by atoms with Crippen molar-refractivity contribution in [2.75, 3.05) is 13.8 Å². The zero-order valence-electron chi connectivity index (χ0n) is 8.83. The van der Waals surface area contributed by atoms with Crippen molar-refractivity contribution in [3.8, 4) is 5.75 Å². The lowest BCUT2D eigenvalue weighted by atomic mass is 10.1. The second-order valence-electron chi connectivity index (χ2n) is 3.85. The molecule has 78 valence electrons. The summed E-state index contributed by atoms with van der Waals surface area (Å²) in [4.78, 5) is 2.15. The molecule has 0 amide bonds. The van der Waals surface area contributed by atoms with E-state index in [1.54, 1.807) is 0 Å². The van der Waals surface area contributed by atoms with Gasteiger partial charge in [0.2, 0.25) is 0 Å². The molecular weight excluding hydrogens is 319 g/mol. The quantitative estimate of drug-likeness (QED) is 0.445. The summed E-state index contributed by atoms with van der Waals surface area (Å²) < 4.78 is 5.69. The summed E-state index contributed by atoms with van der Waals surface area (Å²) in [5, 5.41) is 1.24. The van der Waals surface area contributed by atoms with Gasteiger partial charge < -0.3 is 4.74 Å². The summed E-state index contributed by atoms with van der Waals surface area (Å²) in [6, 6.07) is 4.32. The molecule has 1 aliphatic rings. The first-order valence-corrected chi connectivity index (χ1v) is 8.93. The minimum Gasteiger partial charge on any atom is -0.478 e. The summed E-state index contributed by atoms with van der Waals surface area (Å²) in [6.45, 7) is 3.71. The highest BCUT2D eigenvalue weighted by molar-refractivity contribution is 14.2. The van der Waals surface area contributed by atoms with E-state index in [-0.39, 0.29) is 0 Å². The molecule has 1 aromatic carbocycles. The Balaban J connectivity index is 2.44. The van der Waals surface area contributed by atoms with Gasteiger partial charge in [-0.2, -0.15) is 0 Å². The maximum atomic E-state index is 5.95. The lowest BCUT2D eigenvalue weighted by Gasteiger charge is -2.27. The summed E-state index contributed by atoms with van der Waals surface area (Å²) in [5.74, 6) is 1.05. The summed E-state index contributed by atoms with van der Waals surface area (Å²) in [5.41, 5.74) is 1.91. The predicted molar refractivity (Wildman–Crippen MR) is 74.5 cm³/mol. The average Bonchev–Trinajstić information content (AvgIpc) is 2.16. The van der Waals surface area contributed by atoms with Crippen molar-refractivity contribution in [2.45, 2.75) is 13.5 Å². The minimum absolute atomic E-state index is 0.545. The van der Waals surface area contributed by atoms with Crippen LogP contribution in [-0.2, 0) is 6.54 Å². The Morgan fingerprint density at radius 3 is 2.93 bits per heavy atom. The third-order valence-corrected chi connectivity index (χ3v) is 4.88. The minimum atomic E-state index is -0.545. The lowest BCUT2D eigenvalue weighted by Crippen LogP contribution is -2.29. The molecule has 0 bridgehead atoms. The predicted octanol–water partition coefficient (Wildman–Crippen LogP) is 2.32. The van der Waals surface area contributed by atoms with Gasteiger partial charge in [-0.05, 0) is 37.0 Å². The van der Waals surface area contributed by atoms with Gasteiger partial charge in [0.05, 0.1) is 0 Å². The Hall–Kier alpha value is 0.205. The van der Waals surface area contributed by atoms with Crippen molar-refractivity contribution in [3.63, 3.8) is 0 Å². The number of aryl methyl sites for hydroxylation is 1. The van der Waals surface area contributed by atoms with Gasteiger partial charge in [-0.3, -0.25) is 4.90 Å². The van der Waals surface area contributed by atoms with E-state index in [9.17, 15) is 0 Å². The van der Waals surface area contributed by atoms with Crippen molar-refractivity contribution in [2.24, 2.45) is 0 Å². The number of fused-ring (bicyclic) bond motifs is 1. The molecule has 0 fully saturated rings. The van der Waals surface area contributed by atoms with Gasteiger partial charge >= 0.3 is 0 Å². The van der Waals surface area contributed by atoms with Crippen LogP contribution in [0.5, 0.6) is 5.75 Å². The van der Waals surface area contributed by atoms with Crippen LogP contribution < -0.4 is 10.0 Å². The topological polar surface area (TPSA) is 12.5 Å². The SMILES string of the molecule is [B]P(I)c1cc(C)c2c(c1)CN(C)CO2. The summed E-state index contributed by atoms with van der Waals surface area (Å²) in [6.07, 6.45) is 0. The van der Waals surface area contributed by atoms with Gasteiger partial charge in [0.25, 0.3) is 0 Å². The first-order chi connectivity index (χ1) is 7.08. The number of hydrogen-bond donors (Lipinski definition) is 0. The van der Waals surface area contributed by atoms with Gasteiger partial charge in [0.1, 0.15) is 20.0 Å². The lowest BCUT2D eigenvalue weighted by molar-refractivity contribution is 0.121. The second kappa shape index (κ2) is 4.60. The summed E-state index contributed by atoms with van der Waals surface area (Å²) >= 11 is 2.29. The first kappa shape index (κ1) is 11.7. The normalized spacial score (nSPS) is 18.1. The van der Waals surface area contributed by atoms with E-state index in [4.69, 9.17) is 12.3 Å². The Kier molecular flexibility index (Phi) is 3.58. The Morgan fingerprint density at radius 1 is 1.53 bits per heavy atom. The second-order valence-corrected chi connectivity index (χ2v) is 8.11. The zero-order chi connectivity index (χ0) is 11.0. The molecule has 2 nitrogen and oxygen atoms in total. The third-order valence-electron chi connectivity index (χ3n) is 2.45. The van der Waals surface area contributed by atoms with Gasteiger partial charge in [0, 0.05) is 12.1 Å². The maximum Gasteiger partial charge on any atom is 0.142 e. The number of rotatable bonds is 1. The molecule has 0 spiro atoms. The van der Waals surface area contributed by atoms with Crippen LogP contribution in [0.2, 0.25) is 0 Å². The van der Waals surface area contributed by atoms with Crippen molar-refractivity contribution >= 4 is 40.4 Å². The van der Waals surface area contributed by atoms with E-state index in [1.165, 1.54) is 16.4 Å². The van der Waals surface area contributed by atoms with E-state index < -0.39 is 5.44 Å². The molecule has 0 aromatic heterocycles. The molecule has 1 aromatic rings. The molecule has 2 rings (SSSR count). The fraction of sp³-hybridized carbons (Fsp3) is 0.400. The molecule has 0 saturated carbocycles. The van der Waals surface area contributed by atoms with Crippen molar-refractivity contribution in [1.29, 1.82) is 0 Å². The van der Waals surface area contributed by atoms with Crippen molar-refractivity contribution < 1.29 is 4.74 Å². The highest BCUT2D eigenvalue weighted by atomic mass is 127. The molecule has 1 atom stereocenters. The van der Waals surface area contributed by atoms with Crippen LogP contribution in [0.4, 0.5) is 0 Å². The number of halogens is 1. The number of ether oxygens (including phenoxy) is 1. The van der Waals surface area contributed by atoms with Crippen molar-refractivity contribution in [3.05, 3.63) is 23.3 Å². The largest absolute Gasteiger partial charge is 0.478 e. The highest BCUT2D eigenvalue weighted by Gasteiger charge is 2.17. The fourth-order valence-electron chi connectivity index (χ4n) is 1.78. The molecule has 1 unspecified atom stereocenters. The average molecular weight is 331 g/mol. The van der Waals surface area contributed by atoms with E-state index in [0.29, 0.717) is 6.73 Å². The fourth-order valence-corrected chi connectivity index (χ4v) is 3.22. The third kappa shape index (κ3) is 2.48. The highest BCUT2D eigenvalue weighted by Crippen LogP contribution is 2.40. The molecule has 2 radical (unpaired) electrons. The van der Waals surface area contributed by atoms with Crippen LogP contribution in [0, 0.1) is 6.92 Å². The zero-order valence-corrected chi connectivity index (χ0v) is 11.9. The maximum absolute atomic E-state index is 5.95. The Bertz CT molecular complexity index is 386. The van der Waals surface area contributed by atoms with E-state index in [0.717, 1.165) is 12.3 Å². The standard InChI is InChI=1S/C10H12BINOP/c1-7-3-9(15(11)12)4-8-5-13(2)6-14-10(7)8/h3-4H,5-6H2,1-2H3. The van der Waals surface area contributed by atoms with Gasteiger partial charge in [-0.25, -0.2) is 0 Å². The van der Waals surface area contributed by atoms with Crippen LogP contribution >= 0.6 is 27.5 Å². The molecule has 1 aliphatic heterocycles. The number of nitrogens with zero attached hydrogens (tertiary/aromatic N) is 1. The van der Waals surface area contributed by atoms with Crippen molar-refractivity contribution in [1.82, 2.24) is 4.90 Å². The molecule has 5 heteroatoms. The molecule has 0 aliphatic carbocycles. The monoisotopic (exact) mass is 331 g/mol. The van der Waals surface area contributed by atoms with Gasteiger partial charge in [0.15, 0.2) is 0 Å². The molecule has 1 heterocycles.